The minimum absolute atomic E-state index is 0.0241. The number of hydrogen-bond donors (Lipinski definition) is 1. The third-order valence-electron chi connectivity index (χ3n) is 3.58. The van der Waals surface area contributed by atoms with Crippen LogP contribution >= 0.6 is 0 Å². The van der Waals surface area contributed by atoms with E-state index in [1.807, 2.05) is 4.90 Å². The van der Waals surface area contributed by atoms with Crippen LogP contribution in [0.25, 0.3) is 0 Å². The first-order valence-corrected chi connectivity index (χ1v) is 5.93. The number of aliphatic carboxylic acids is 1. The van der Waals surface area contributed by atoms with Crippen LogP contribution < -0.4 is 4.90 Å². The van der Waals surface area contributed by atoms with Crippen molar-refractivity contribution in [1.29, 1.82) is 0 Å². The van der Waals surface area contributed by atoms with E-state index in [1.54, 1.807) is 19.9 Å². The molecule has 7 heteroatoms. The van der Waals surface area contributed by atoms with Gasteiger partial charge in [-0.1, -0.05) is 0 Å². The summed E-state index contributed by atoms with van der Waals surface area (Å²) in [6.45, 7) is 4.31. The van der Waals surface area contributed by atoms with Crippen molar-refractivity contribution in [3.63, 3.8) is 0 Å². The lowest BCUT2D eigenvalue weighted by atomic mass is 9.90. The average Bonchev–Trinajstić information content (AvgIpc) is 2.73. The van der Waals surface area contributed by atoms with Crippen LogP contribution in [0.4, 0.5) is 11.5 Å². The molecule has 0 spiro atoms. The second-order valence-electron chi connectivity index (χ2n) is 5.12. The van der Waals surface area contributed by atoms with Gasteiger partial charge in [0, 0.05) is 18.7 Å². The fourth-order valence-electron chi connectivity index (χ4n) is 2.23. The predicted octanol–water partition coefficient (Wildman–Crippen LogP) is 1.60. The number of carbonyl (C=O) groups is 1. The smallest absolute Gasteiger partial charge is 0.311 e. The Morgan fingerprint density at radius 2 is 2.32 bits per heavy atom. The molecule has 1 atom stereocenters. The Morgan fingerprint density at radius 3 is 2.79 bits per heavy atom. The maximum Gasteiger partial charge on any atom is 0.311 e. The fourth-order valence-corrected chi connectivity index (χ4v) is 2.23. The quantitative estimate of drug-likeness (QED) is 0.658. The molecule has 1 N–H and O–H groups in total. The van der Waals surface area contributed by atoms with Crippen LogP contribution in [0.5, 0.6) is 0 Å². The molecule has 19 heavy (non-hydrogen) atoms. The van der Waals surface area contributed by atoms with E-state index >= 15 is 0 Å². The molecule has 1 aromatic heterocycles. The third kappa shape index (κ3) is 2.35. The van der Waals surface area contributed by atoms with E-state index in [-0.39, 0.29) is 5.69 Å². The SMILES string of the molecule is Cc1cc(N2CCC(C)(C(=O)O)C2)ncc1[N+](=O)[O-]. The van der Waals surface area contributed by atoms with Crippen LogP contribution in [0.2, 0.25) is 0 Å². The zero-order chi connectivity index (χ0) is 14.2. The molecule has 0 radical (unpaired) electrons. The second-order valence-corrected chi connectivity index (χ2v) is 5.12. The van der Waals surface area contributed by atoms with Crippen LogP contribution in [0.3, 0.4) is 0 Å². The predicted molar refractivity (Wildman–Crippen MR) is 68.2 cm³/mol. The van der Waals surface area contributed by atoms with Gasteiger partial charge in [-0.2, -0.15) is 0 Å². The molecule has 7 nitrogen and oxygen atoms in total. The van der Waals surface area contributed by atoms with Gasteiger partial charge in [0.05, 0.1) is 10.3 Å². The molecule has 0 bridgehead atoms. The molecule has 1 aliphatic rings. The zero-order valence-electron chi connectivity index (χ0n) is 10.8. The van der Waals surface area contributed by atoms with Crippen LogP contribution in [-0.2, 0) is 4.79 Å². The summed E-state index contributed by atoms with van der Waals surface area (Å²) in [7, 11) is 0. The summed E-state index contributed by atoms with van der Waals surface area (Å²) in [6.07, 6.45) is 1.77. The van der Waals surface area contributed by atoms with Gasteiger partial charge in [0.2, 0.25) is 0 Å². The second kappa shape index (κ2) is 4.49. The van der Waals surface area contributed by atoms with Crippen molar-refractivity contribution < 1.29 is 14.8 Å². The molecule has 0 aromatic carbocycles. The number of rotatable bonds is 3. The Hall–Kier alpha value is -2.18. The summed E-state index contributed by atoms with van der Waals surface area (Å²) in [4.78, 5) is 27.3. The summed E-state index contributed by atoms with van der Waals surface area (Å²) >= 11 is 0. The Kier molecular flexibility index (Phi) is 3.13. The van der Waals surface area contributed by atoms with Crippen LogP contribution in [0, 0.1) is 22.5 Å². The lowest BCUT2D eigenvalue weighted by Gasteiger charge is -2.21. The number of carboxylic acid groups (broad SMARTS) is 1. The van der Waals surface area contributed by atoms with Gasteiger partial charge in [-0.25, -0.2) is 4.98 Å². The minimum atomic E-state index is -0.825. The van der Waals surface area contributed by atoms with E-state index in [0.29, 0.717) is 30.9 Å². The average molecular weight is 265 g/mol. The number of nitro groups is 1. The number of hydrogen-bond acceptors (Lipinski definition) is 5. The van der Waals surface area contributed by atoms with Gasteiger partial charge in [0.1, 0.15) is 12.0 Å². The summed E-state index contributed by atoms with van der Waals surface area (Å²) in [5.74, 6) is -0.235. The Bertz CT molecular complexity index is 546. The van der Waals surface area contributed by atoms with Crippen LogP contribution in [0.15, 0.2) is 12.3 Å². The molecule has 0 aliphatic carbocycles. The summed E-state index contributed by atoms with van der Waals surface area (Å²) in [5.41, 5.74) is -0.278. The number of aromatic nitrogens is 1. The summed E-state index contributed by atoms with van der Waals surface area (Å²) in [5, 5.41) is 19.9. The van der Waals surface area contributed by atoms with Gasteiger partial charge >= 0.3 is 5.97 Å². The van der Waals surface area contributed by atoms with Crippen molar-refractivity contribution in [3.05, 3.63) is 27.9 Å². The lowest BCUT2D eigenvalue weighted by molar-refractivity contribution is -0.385. The van der Waals surface area contributed by atoms with Crippen LogP contribution in [0.1, 0.15) is 18.9 Å². The molecule has 0 amide bonds. The first-order chi connectivity index (χ1) is 8.83. The highest BCUT2D eigenvalue weighted by Gasteiger charge is 2.41. The lowest BCUT2D eigenvalue weighted by Crippen LogP contribution is -2.32. The van der Waals surface area contributed by atoms with Crippen molar-refractivity contribution >= 4 is 17.5 Å². The highest BCUT2D eigenvalue weighted by atomic mass is 16.6. The summed E-state index contributed by atoms with van der Waals surface area (Å²) < 4.78 is 0. The first kappa shape index (κ1) is 13.3. The van der Waals surface area contributed by atoms with Crippen molar-refractivity contribution in [2.75, 3.05) is 18.0 Å². The van der Waals surface area contributed by atoms with E-state index in [2.05, 4.69) is 4.98 Å². The molecule has 1 aliphatic heterocycles. The normalized spacial score (nSPS) is 22.5. The van der Waals surface area contributed by atoms with Crippen molar-refractivity contribution in [3.8, 4) is 0 Å². The topological polar surface area (TPSA) is 96.6 Å². The highest BCUT2D eigenvalue weighted by Crippen LogP contribution is 2.33. The number of nitrogens with zero attached hydrogens (tertiary/aromatic N) is 3. The van der Waals surface area contributed by atoms with E-state index < -0.39 is 16.3 Å². The molecule has 1 saturated heterocycles. The Balaban J connectivity index is 2.23. The van der Waals surface area contributed by atoms with Gasteiger partial charge in [-0.05, 0) is 26.3 Å². The number of pyridine rings is 1. The van der Waals surface area contributed by atoms with Crippen molar-refractivity contribution in [2.45, 2.75) is 20.3 Å². The molecule has 2 heterocycles. The Morgan fingerprint density at radius 1 is 1.63 bits per heavy atom. The van der Waals surface area contributed by atoms with E-state index in [0.717, 1.165) is 0 Å². The first-order valence-electron chi connectivity index (χ1n) is 5.93. The van der Waals surface area contributed by atoms with E-state index in [1.165, 1.54) is 6.20 Å². The highest BCUT2D eigenvalue weighted by molar-refractivity contribution is 5.76. The molecule has 1 fully saturated rings. The fraction of sp³-hybridized carbons (Fsp3) is 0.500. The van der Waals surface area contributed by atoms with Crippen molar-refractivity contribution in [2.24, 2.45) is 5.41 Å². The molecular formula is C12H15N3O4. The molecule has 1 unspecified atom stereocenters. The minimum Gasteiger partial charge on any atom is -0.481 e. The largest absolute Gasteiger partial charge is 0.481 e. The van der Waals surface area contributed by atoms with E-state index in [9.17, 15) is 20.0 Å². The number of aryl methyl sites for hydroxylation is 1. The molecule has 0 saturated carbocycles. The third-order valence-corrected chi connectivity index (χ3v) is 3.58. The van der Waals surface area contributed by atoms with E-state index in [4.69, 9.17) is 0 Å². The zero-order valence-corrected chi connectivity index (χ0v) is 10.8. The van der Waals surface area contributed by atoms with Gasteiger partial charge in [0.15, 0.2) is 0 Å². The van der Waals surface area contributed by atoms with Gasteiger partial charge in [-0.3, -0.25) is 14.9 Å². The maximum atomic E-state index is 11.2. The monoisotopic (exact) mass is 265 g/mol. The number of anilines is 1. The molecule has 1 aromatic rings. The summed E-state index contributed by atoms with van der Waals surface area (Å²) in [6, 6.07) is 1.63. The Labute approximate surface area is 110 Å². The molecule has 102 valence electrons. The standard InChI is InChI=1S/C12H15N3O4/c1-8-5-10(13-6-9(8)15(18)19)14-4-3-12(2,7-14)11(16)17/h5-6H,3-4,7H2,1-2H3,(H,16,17). The maximum absolute atomic E-state index is 11.2. The number of carboxylic acids is 1. The van der Waals surface area contributed by atoms with Gasteiger partial charge in [0.25, 0.3) is 5.69 Å². The van der Waals surface area contributed by atoms with Gasteiger partial charge < -0.3 is 10.0 Å². The van der Waals surface area contributed by atoms with Crippen LogP contribution in [-0.4, -0.2) is 34.1 Å². The van der Waals surface area contributed by atoms with Crippen molar-refractivity contribution in [1.82, 2.24) is 4.98 Å². The molecule has 2 rings (SSSR count). The molecular weight excluding hydrogens is 250 g/mol. The van der Waals surface area contributed by atoms with Gasteiger partial charge in [-0.15, -0.1) is 0 Å².